The number of hydrogen-bond acceptors (Lipinski definition) is 3. The summed E-state index contributed by atoms with van der Waals surface area (Å²) in [5.41, 5.74) is 0.596. The lowest BCUT2D eigenvalue weighted by Gasteiger charge is -2.12. The third-order valence-electron chi connectivity index (χ3n) is 2.44. The summed E-state index contributed by atoms with van der Waals surface area (Å²) in [5.74, 6) is -0.662. The quantitative estimate of drug-likeness (QED) is 0.752. The van der Waals surface area contributed by atoms with Crippen LogP contribution < -0.4 is 5.32 Å². The number of carbonyl (C=O) groups is 2. The Labute approximate surface area is 115 Å². The fourth-order valence-corrected chi connectivity index (χ4v) is 2.50. The Morgan fingerprint density at radius 1 is 1.42 bits per heavy atom. The molecule has 1 rings (SSSR count). The number of benzene rings is 1. The second-order valence-corrected chi connectivity index (χ2v) is 5.13. The number of amides is 1. The zero-order valence-electron chi connectivity index (χ0n) is 10.6. The van der Waals surface area contributed by atoms with Crippen LogP contribution in [-0.4, -0.2) is 28.8 Å². The van der Waals surface area contributed by atoms with Gasteiger partial charge in [0, 0.05) is 12.7 Å². The van der Waals surface area contributed by atoms with Crippen molar-refractivity contribution in [3.05, 3.63) is 35.6 Å². The average Bonchev–Trinajstić information content (AvgIpc) is 2.34. The number of thioether (sulfide) groups is 1. The molecule has 0 radical (unpaired) electrons. The molecule has 0 aliphatic carbocycles. The second kappa shape index (κ2) is 7.78. The summed E-state index contributed by atoms with van der Waals surface area (Å²) in [6, 6.07) is 5.60. The maximum absolute atomic E-state index is 13.3. The molecule has 1 aromatic rings. The van der Waals surface area contributed by atoms with E-state index in [0.29, 0.717) is 23.5 Å². The summed E-state index contributed by atoms with van der Waals surface area (Å²) in [6.07, 6.45) is 0.314. The van der Waals surface area contributed by atoms with E-state index < -0.39 is 12.0 Å². The number of aliphatic carboxylic acids is 1. The van der Waals surface area contributed by atoms with Gasteiger partial charge in [0.2, 0.25) is 5.91 Å². The average molecular weight is 285 g/mol. The van der Waals surface area contributed by atoms with Gasteiger partial charge in [0.05, 0.1) is 0 Å². The molecule has 6 heteroatoms. The molecule has 1 unspecified atom stereocenters. The highest BCUT2D eigenvalue weighted by molar-refractivity contribution is 7.98. The summed E-state index contributed by atoms with van der Waals surface area (Å²) < 4.78 is 13.3. The molecule has 0 aliphatic rings. The molecule has 0 aliphatic heterocycles. The van der Waals surface area contributed by atoms with E-state index in [2.05, 4.69) is 5.32 Å². The van der Waals surface area contributed by atoms with Crippen LogP contribution in [0.4, 0.5) is 4.39 Å². The van der Waals surface area contributed by atoms with Gasteiger partial charge >= 0.3 is 5.97 Å². The van der Waals surface area contributed by atoms with Gasteiger partial charge in [-0.1, -0.05) is 18.2 Å². The van der Waals surface area contributed by atoms with Gasteiger partial charge in [-0.25, -0.2) is 9.18 Å². The maximum Gasteiger partial charge on any atom is 0.326 e. The summed E-state index contributed by atoms with van der Waals surface area (Å²) in [5, 5.41) is 11.3. The van der Waals surface area contributed by atoms with E-state index in [1.54, 1.807) is 18.2 Å². The second-order valence-electron chi connectivity index (χ2n) is 4.02. The lowest BCUT2D eigenvalue weighted by molar-refractivity contribution is -0.141. The Kier molecular flexibility index (Phi) is 6.35. The van der Waals surface area contributed by atoms with Crippen LogP contribution in [0.2, 0.25) is 0 Å². The first-order valence-electron chi connectivity index (χ1n) is 5.81. The highest BCUT2D eigenvalue weighted by Gasteiger charge is 2.17. The Hall–Kier alpha value is -1.56. The number of halogens is 1. The van der Waals surface area contributed by atoms with Gasteiger partial charge in [0.1, 0.15) is 11.9 Å². The Morgan fingerprint density at radius 2 is 2.11 bits per heavy atom. The van der Waals surface area contributed by atoms with Crippen LogP contribution in [0, 0.1) is 5.82 Å². The van der Waals surface area contributed by atoms with E-state index in [-0.39, 0.29) is 11.7 Å². The number of rotatable bonds is 7. The Balaban J connectivity index is 2.35. The highest BCUT2D eigenvalue weighted by atomic mass is 32.2. The monoisotopic (exact) mass is 285 g/mol. The highest BCUT2D eigenvalue weighted by Crippen LogP contribution is 2.16. The van der Waals surface area contributed by atoms with Crippen LogP contribution in [0.15, 0.2) is 24.3 Å². The number of carboxylic acids is 1. The predicted molar refractivity (Wildman–Crippen MR) is 72.4 cm³/mol. The fourth-order valence-electron chi connectivity index (χ4n) is 1.50. The van der Waals surface area contributed by atoms with Crippen molar-refractivity contribution in [3.8, 4) is 0 Å². The van der Waals surface area contributed by atoms with E-state index in [1.165, 1.54) is 24.8 Å². The number of carbonyl (C=O) groups excluding carboxylic acids is 1. The minimum absolute atomic E-state index is 0.258. The third kappa shape index (κ3) is 5.74. The molecule has 0 saturated heterocycles. The molecule has 1 amide bonds. The van der Waals surface area contributed by atoms with Crippen molar-refractivity contribution in [3.63, 3.8) is 0 Å². The molecule has 1 aromatic carbocycles. The van der Waals surface area contributed by atoms with Crippen molar-refractivity contribution < 1.29 is 19.1 Å². The maximum atomic E-state index is 13.3. The summed E-state index contributed by atoms with van der Waals surface area (Å²) in [4.78, 5) is 21.7. The van der Waals surface area contributed by atoms with E-state index in [1.807, 2.05) is 0 Å². The van der Waals surface area contributed by atoms with Crippen LogP contribution in [0.3, 0.4) is 0 Å². The zero-order chi connectivity index (χ0) is 14.3. The molecule has 0 fully saturated rings. The number of hydrogen-bond donors (Lipinski definition) is 2. The zero-order valence-corrected chi connectivity index (χ0v) is 11.4. The van der Waals surface area contributed by atoms with Gasteiger partial charge in [-0.3, -0.25) is 4.79 Å². The SMILES string of the molecule is CC(=O)NC(CCSCc1ccccc1F)C(=O)O. The molecule has 4 nitrogen and oxygen atoms in total. The van der Waals surface area contributed by atoms with Gasteiger partial charge < -0.3 is 10.4 Å². The molecule has 19 heavy (non-hydrogen) atoms. The molecule has 0 saturated carbocycles. The van der Waals surface area contributed by atoms with Crippen molar-refractivity contribution in [2.45, 2.75) is 25.1 Å². The van der Waals surface area contributed by atoms with Gasteiger partial charge in [-0.2, -0.15) is 11.8 Å². The fraction of sp³-hybridized carbons (Fsp3) is 0.385. The molecule has 1 atom stereocenters. The van der Waals surface area contributed by atoms with Crippen LogP contribution in [0.1, 0.15) is 18.9 Å². The lowest BCUT2D eigenvalue weighted by atomic mass is 10.2. The minimum Gasteiger partial charge on any atom is -0.480 e. The summed E-state index contributed by atoms with van der Waals surface area (Å²) in [6.45, 7) is 1.28. The van der Waals surface area contributed by atoms with Crippen molar-refractivity contribution in [2.75, 3.05) is 5.75 Å². The van der Waals surface area contributed by atoms with Crippen LogP contribution in [0.25, 0.3) is 0 Å². The Morgan fingerprint density at radius 3 is 2.68 bits per heavy atom. The standard InChI is InChI=1S/C13H16FNO3S/c1-9(16)15-12(13(17)18)6-7-19-8-10-4-2-3-5-11(10)14/h2-5,12H,6-8H2,1H3,(H,15,16)(H,17,18). The number of carboxylic acid groups (broad SMARTS) is 1. The molecular weight excluding hydrogens is 269 g/mol. The lowest BCUT2D eigenvalue weighted by Crippen LogP contribution is -2.39. The van der Waals surface area contributed by atoms with Crippen molar-refractivity contribution in [1.82, 2.24) is 5.32 Å². The van der Waals surface area contributed by atoms with Gasteiger partial charge in [-0.05, 0) is 23.8 Å². The van der Waals surface area contributed by atoms with E-state index in [0.717, 1.165) is 0 Å². The van der Waals surface area contributed by atoms with Gasteiger partial charge in [0.25, 0.3) is 0 Å². The van der Waals surface area contributed by atoms with E-state index in [9.17, 15) is 14.0 Å². The third-order valence-corrected chi connectivity index (χ3v) is 3.48. The summed E-state index contributed by atoms with van der Waals surface area (Å²) >= 11 is 1.44. The number of nitrogens with one attached hydrogen (secondary N) is 1. The summed E-state index contributed by atoms with van der Waals surface area (Å²) in [7, 11) is 0. The predicted octanol–water partition coefficient (Wildman–Crippen LogP) is 2.04. The normalized spacial score (nSPS) is 11.9. The van der Waals surface area contributed by atoms with Crippen LogP contribution in [0.5, 0.6) is 0 Å². The minimum atomic E-state index is -1.05. The first-order chi connectivity index (χ1) is 9.00. The largest absolute Gasteiger partial charge is 0.480 e. The van der Waals surface area contributed by atoms with Crippen LogP contribution in [-0.2, 0) is 15.3 Å². The molecule has 104 valence electrons. The Bertz CT molecular complexity index is 453. The topological polar surface area (TPSA) is 66.4 Å². The molecule has 0 spiro atoms. The van der Waals surface area contributed by atoms with Crippen molar-refractivity contribution in [1.29, 1.82) is 0 Å². The first-order valence-corrected chi connectivity index (χ1v) is 6.97. The van der Waals surface area contributed by atoms with Gasteiger partial charge in [0.15, 0.2) is 0 Å². The van der Waals surface area contributed by atoms with E-state index in [4.69, 9.17) is 5.11 Å². The smallest absolute Gasteiger partial charge is 0.326 e. The molecule has 0 aromatic heterocycles. The van der Waals surface area contributed by atoms with Gasteiger partial charge in [-0.15, -0.1) is 0 Å². The molecule has 2 N–H and O–H groups in total. The molecule has 0 heterocycles. The van der Waals surface area contributed by atoms with Crippen molar-refractivity contribution in [2.24, 2.45) is 0 Å². The first kappa shape index (κ1) is 15.5. The van der Waals surface area contributed by atoms with Crippen LogP contribution >= 0.6 is 11.8 Å². The van der Waals surface area contributed by atoms with E-state index >= 15 is 0 Å². The van der Waals surface area contributed by atoms with Crippen molar-refractivity contribution >= 4 is 23.6 Å². The molecular formula is C13H16FNO3S. The molecule has 0 bridgehead atoms.